The zero-order valence-corrected chi connectivity index (χ0v) is 15.2. The van der Waals surface area contributed by atoms with E-state index in [1.165, 1.54) is 0 Å². The molecular weight excluding hydrogens is 330 g/mol. The highest BCUT2D eigenvalue weighted by molar-refractivity contribution is 5.94. The Morgan fingerprint density at radius 1 is 1.15 bits per heavy atom. The molecule has 0 aliphatic heterocycles. The number of amides is 2. The van der Waals surface area contributed by atoms with Crippen LogP contribution in [0.25, 0.3) is 0 Å². The van der Waals surface area contributed by atoms with E-state index in [1.807, 2.05) is 53.4 Å². The highest BCUT2D eigenvalue weighted by Crippen LogP contribution is 2.20. The molecule has 0 aromatic heterocycles. The van der Waals surface area contributed by atoms with Crippen molar-refractivity contribution in [3.8, 4) is 5.75 Å². The minimum absolute atomic E-state index is 0.121. The maximum atomic E-state index is 12.5. The van der Waals surface area contributed by atoms with E-state index in [-0.39, 0.29) is 18.9 Å². The van der Waals surface area contributed by atoms with Crippen molar-refractivity contribution in [2.24, 2.45) is 5.73 Å². The van der Waals surface area contributed by atoms with Gasteiger partial charge in [0.15, 0.2) is 0 Å². The van der Waals surface area contributed by atoms with E-state index in [2.05, 4.69) is 12.2 Å². The van der Waals surface area contributed by atoms with Crippen molar-refractivity contribution < 1.29 is 14.3 Å². The number of methoxy groups -OCH3 is 1. The average Bonchev–Trinajstić information content (AvgIpc) is 2.65. The number of nitrogens with zero attached hydrogens (tertiary/aromatic N) is 1. The number of nitrogens with one attached hydrogen (secondary N) is 1. The molecule has 138 valence electrons. The van der Waals surface area contributed by atoms with Gasteiger partial charge in [-0.05, 0) is 48.4 Å². The lowest BCUT2D eigenvalue weighted by molar-refractivity contribution is -0.118. The van der Waals surface area contributed by atoms with Crippen LogP contribution in [-0.2, 0) is 16.0 Å². The number of hydrogen-bond acceptors (Lipinski definition) is 4. The molecule has 2 amide bonds. The molecule has 0 saturated heterocycles. The van der Waals surface area contributed by atoms with Gasteiger partial charge in [-0.3, -0.25) is 9.59 Å². The van der Waals surface area contributed by atoms with Crippen molar-refractivity contribution in [2.45, 2.75) is 19.8 Å². The molecule has 26 heavy (non-hydrogen) atoms. The lowest BCUT2D eigenvalue weighted by Gasteiger charge is -2.24. The molecular formula is C20H25N3O3. The van der Waals surface area contributed by atoms with Crippen LogP contribution in [0, 0.1) is 0 Å². The molecule has 6 heteroatoms. The quantitative estimate of drug-likeness (QED) is 0.724. The maximum absolute atomic E-state index is 12.5. The molecule has 0 bridgehead atoms. The van der Waals surface area contributed by atoms with Crippen molar-refractivity contribution >= 4 is 23.2 Å². The van der Waals surface area contributed by atoms with Gasteiger partial charge < -0.3 is 20.7 Å². The fraction of sp³-hybridized carbons (Fsp3) is 0.300. The summed E-state index contributed by atoms with van der Waals surface area (Å²) in [4.78, 5) is 25.5. The fourth-order valence-corrected chi connectivity index (χ4v) is 2.58. The van der Waals surface area contributed by atoms with Crippen LogP contribution in [0.1, 0.15) is 18.9 Å². The summed E-state index contributed by atoms with van der Waals surface area (Å²) in [6.45, 7) is 2.55. The van der Waals surface area contributed by atoms with Gasteiger partial charge in [-0.1, -0.05) is 19.1 Å². The van der Waals surface area contributed by atoms with Crippen molar-refractivity contribution in [1.82, 2.24) is 0 Å². The van der Waals surface area contributed by atoms with E-state index in [0.717, 1.165) is 29.1 Å². The van der Waals surface area contributed by atoms with E-state index >= 15 is 0 Å². The summed E-state index contributed by atoms with van der Waals surface area (Å²) in [6, 6.07) is 15.1. The fourth-order valence-electron chi connectivity index (χ4n) is 2.58. The third-order valence-electron chi connectivity index (χ3n) is 4.02. The number of carbonyl (C=O) groups is 2. The molecule has 0 atom stereocenters. The standard InChI is InChI=1S/C20H25N3O3/c1-3-15-5-4-6-16(13-15)22-20(25)14-23(12-11-19(21)24)17-7-9-18(26-2)10-8-17/h4-10,13H,3,11-12,14H2,1-2H3,(H2,21,24)(H,22,25). The van der Waals surface area contributed by atoms with Gasteiger partial charge >= 0.3 is 0 Å². The molecule has 0 aliphatic rings. The van der Waals surface area contributed by atoms with E-state index in [9.17, 15) is 9.59 Å². The van der Waals surface area contributed by atoms with Crippen LogP contribution in [0.2, 0.25) is 0 Å². The minimum atomic E-state index is -0.403. The second-order valence-corrected chi connectivity index (χ2v) is 5.94. The molecule has 0 saturated carbocycles. The third-order valence-corrected chi connectivity index (χ3v) is 4.02. The molecule has 2 aromatic carbocycles. The molecule has 0 spiro atoms. The zero-order chi connectivity index (χ0) is 18.9. The van der Waals surface area contributed by atoms with Crippen LogP contribution in [0.3, 0.4) is 0 Å². The Labute approximate surface area is 153 Å². The van der Waals surface area contributed by atoms with E-state index in [1.54, 1.807) is 7.11 Å². The van der Waals surface area contributed by atoms with Gasteiger partial charge in [-0.2, -0.15) is 0 Å². The number of hydrogen-bond donors (Lipinski definition) is 2. The number of nitrogens with two attached hydrogens (primary N) is 1. The second-order valence-electron chi connectivity index (χ2n) is 5.94. The second kappa shape index (κ2) is 9.46. The zero-order valence-electron chi connectivity index (χ0n) is 15.2. The van der Waals surface area contributed by atoms with Crippen molar-refractivity contribution in [1.29, 1.82) is 0 Å². The predicted molar refractivity (Wildman–Crippen MR) is 103 cm³/mol. The topological polar surface area (TPSA) is 84.7 Å². The smallest absolute Gasteiger partial charge is 0.243 e. The molecule has 3 N–H and O–H groups in total. The number of benzene rings is 2. The number of primary amides is 1. The monoisotopic (exact) mass is 355 g/mol. The highest BCUT2D eigenvalue weighted by atomic mass is 16.5. The maximum Gasteiger partial charge on any atom is 0.243 e. The number of anilines is 2. The summed E-state index contributed by atoms with van der Waals surface area (Å²) >= 11 is 0. The van der Waals surface area contributed by atoms with Crippen molar-refractivity contribution in [2.75, 3.05) is 30.4 Å². The summed E-state index contributed by atoms with van der Waals surface area (Å²) in [5.41, 5.74) is 8.01. The number of carbonyl (C=O) groups excluding carboxylic acids is 2. The highest BCUT2D eigenvalue weighted by Gasteiger charge is 2.13. The lowest BCUT2D eigenvalue weighted by atomic mass is 10.1. The summed E-state index contributed by atoms with van der Waals surface area (Å²) < 4.78 is 5.16. The van der Waals surface area contributed by atoms with Crippen molar-refractivity contribution in [3.63, 3.8) is 0 Å². The van der Waals surface area contributed by atoms with Gasteiger partial charge in [0.25, 0.3) is 0 Å². The normalized spacial score (nSPS) is 10.2. The van der Waals surface area contributed by atoms with Crippen LogP contribution < -0.4 is 20.7 Å². The predicted octanol–water partition coefficient (Wildman–Crippen LogP) is 2.58. The van der Waals surface area contributed by atoms with E-state index in [0.29, 0.717) is 6.54 Å². The van der Waals surface area contributed by atoms with Gasteiger partial charge in [-0.25, -0.2) is 0 Å². The summed E-state index contributed by atoms with van der Waals surface area (Å²) in [7, 11) is 1.59. The van der Waals surface area contributed by atoms with Crippen LogP contribution in [0.4, 0.5) is 11.4 Å². The van der Waals surface area contributed by atoms with Gasteiger partial charge in [0.05, 0.1) is 13.7 Å². The number of ether oxygens (including phenoxy) is 1. The molecule has 2 rings (SSSR count). The SMILES string of the molecule is CCc1cccc(NC(=O)CN(CCC(N)=O)c2ccc(OC)cc2)c1. The first-order valence-electron chi connectivity index (χ1n) is 8.58. The Morgan fingerprint density at radius 3 is 2.50 bits per heavy atom. The first-order chi connectivity index (χ1) is 12.5. The molecule has 0 radical (unpaired) electrons. The number of rotatable bonds is 9. The Balaban J connectivity index is 2.08. The molecule has 0 heterocycles. The Bertz CT molecular complexity index is 744. The van der Waals surface area contributed by atoms with Crippen molar-refractivity contribution in [3.05, 3.63) is 54.1 Å². The largest absolute Gasteiger partial charge is 0.497 e. The molecule has 2 aromatic rings. The van der Waals surface area contributed by atoms with Crippen LogP contribution in [0.5, 0.6) is 5.75 Å². The van der Waals surface area contributed by atoms with Crippen LogP contribution in [0.15, 0.2) is 48.5 Å². The first-order valence-corrected chi connectivity index (χ1v) is 8.58. The molecule has 0 unspecified atom stereocenters. The van der Waals surface area contributed by atoms with Gasteiger partial charge in [0, 0.05) is 24.3 Å². The summed E-state index contributed by atoms with van der Waals surface area (Å²) in [5, 5.41) is 2.91. The first kappa shape index (κ1) is 19.3. The summed E-state index contributed by atoms with van der Waals surface area (Å²) in [5.74, 6) is 0.169. The molecule has 0 aliphatic carbocycles. The minimum Gasteiger partial charge on any atom is -0.497 e. The van der Waals surface area contributed by atoms with Crippen LogP contribution in [-0.4, -0.2) is 32.0 Å². The number of aryl methyl sites for hydroxylation is 1. The summed E-state index contributed by atoms with van der Waals surface area (Å²) in [6.07, 6.45) is 1.07. The Kier molecular flexibility index (Phi) is 7.02. The average molecular weight is 355 g/mol. The third kappa shape index (κ3) is 5.81. The van der Waals surface area contributed by atoms with Gasteiger partial charge in [-0.15, -0.1) is 0 Å². The van der Waals surface area contributed by atoms with Crippen LogP contribution >= 0.6 is 0 Å². The molecule has 0 fully saturated rings. The Hall–Kier alpha value is -3.02. The Morgan fingerprint density at radius 2 is 1.88 bits per heavy atom. The molecule has 6 nitrogen and oxygen atoms in total. The lowest BCUT2D eigenvalue weighted by Crippen LogP contribution is -2.35. The van der Waals surface area contributed by atoms with Gasteiger partial charge in [0.1, 0.15) is 5.75 Å². The van der Waals surface area contributed by atoms with E-state index in [4.69, 9.17) is 10.5 Å². The van der Waals surface area contributed by atoms with Gasteiger partial charge in [0.2, 0.25) is 11.8 Å². The van der Waals surface area contributed by atoms with E-state index < -0.39 is 5.91 Å².